The summed E-state index contributed by atoms with van der Waals surface area (Å²) in [5.74, 6) is 0.559. The summed E-state index contributed by atoms with van der Waals surface area (Å²) in [4.78, 5) is 0. The molecule has 0 heterocycles. The standard InChI is InChI=1S/C17H19Cl2NO/c1-10-4-5-12(6-11(10)2)7-16(20)13-8-15(19)17(21-3)9-14(13)18/h4-6,8-9,16H,7,20H2,1-3H3. The van der Waals surface area contributed by atoms with Gasteiger partial charge in [-0.15, -0.1) is 0 Å². The van der Waals surface area contributed by atoms with Gasteiger partial charge in [0.05, 0.1) is 12.1 Å². The third kappa shape index (κ3) is 3.70. The minimum Gasteiger partial charge on any atom is -0.495 e. The lowest BCUT2D eigenvalue weighted by molar-refractivity contribution is 0.415. The molecule has 21 heavy (non-hydrogen) atoms. The highest BCUT2D eigenvalue weighted by Gasteiger charge is 2.15. The second-order valence-corrected chi connectivity index (χ2v) is 6.05. The van der Waals surface area contributed by atoms with Crippen LogP contribution in [0, 0.1) is 13.8 Å². The molecule has 2 nitrogen and oxygen atoms in total. The first kappa shape index (κ1) is 16.2. The van der Waals surface area contributed by atoms with Gasteiger partial charge in [-0.05, 0) is 48.6 Å². The summed E-state index contributed by atoms with van der Waals surface area (Å²) in [6, 6.07) is 9.66. The lowest BCUT2D eigenvalue weighted by atomic mass is 9.97. The van der Waals surface area contributed by atoms with E-state index in [0.29, 0.717) is 22.2 Å². The van der Waals surface area contributed by atoms with Crippen molar-refractivity contribution in [2.24, 2.45) is 5.73 Å². The summed E-state index contributed by atoms with van der Waals surface area (Å²) < 4.78 is 5.15. The number of halogens is 2. The fraction of sp³-hybridized carbons (Fsp3) is 0.294. The predicted molar refractivity (Wildman–Crippen MR) is 89.6 cm³/mol. The number of nitrogens with two attached hydrogens (primary N) is 1. The van der Waals surface area contributed by atoms with E-state index in [2.05, 4.69) is 32.0 Å². The molecule has 112 valence electrons. The van der Waals surface area contributed by atoms with Crippen LogP contribution >= 0.6 is 23.2 Å². The van der Waals surface area contributed by atoms with Crippen molar-refractivity contribution in [3.05, 3.63) is 62.6 Å². The Hall–Kier alpha value is -1.22. The first-order valence-electron chi connectivity index (χ1n) is 6.77. The third-order valence-electron chi connectivity index (χ3n) is 3.70. The second kappa shape index (κ2) is 6.69. The number of aryl methyl sites for hydroxylation is 2. The molecule has 0 aliphatic rings. The summed E-state index contributed by atoms with van der Waals surface area (Å²) in [6.45, 7) is 4.20. The van der Waals surface area contributed by atoms with Gasteiger partial charge in [-0.2, -0.15) is 0 Å². The molecule has 1 unspecified atom stereocenters. The molecule has 2 rings (SSSR count). The number of methoxy groups -OCH3 is 1. The van der Waals surface area contributed by atoms with Crippen LogP contribution in [0.2, 0.25) is 10.0 Å². The fourth-order valence-corrected chi connectivity index (χ4v) is 2.82. The fourth-order valence-electron chi connectivity index (χ4n) is 2.28. The molecule has 2 aromatic rings. The molecular formula is C17H19Cl2NO. The number of benzene rings is 2. The summed E-state index contributed by atoms with van der Waals surface area (Å²) in [5.41, 5.74) is 10.9. The quantitative estimate of drug-likeness (QED) is 0.871. The zero-order valence-electron chi connectivity index (χ0n) is 12.4. The van der Waals surface area contributed by atoms with Crippen molar-refractivity contribution < 1.29 is 4.74 Å². The normalized spacial score (nSPS) is 12.3. The summed E-state index contributed by atoms with van der Waals surface area (Å²) in [7, 11) is 1.56. The molecule has 0 spiro atoms. The average Bonchev–Trinajstić information content (AvgIpc) is 2.44. The van der Waals surface area contributed by atoms with Crippen molar-refractivity contribution in [2.75, 3.05) is 7.11 Å². The van der Waals surface area contributed by atoms with Gasteiger partial charge in [0.15, 0.2) is 0 Å². The van der Waals surface area contributed by atoms with Crippen LogP contribution in [0.5, 0.6) is 5.75 Å². The van der Waals surface area contributed by atoms with Gasteiger partial charge in [-0.3, -0.25) is 0 Å². The van der Waals surface area contributed by atoms with Crippen LogP contribution in [-0.2, 0) is 6.42 Å². The van der Waals surface area contributed by atoms with E-state index in [1.807, 2.05) is 0 Å². The molecule has 0 saturated carbocycles. The van der Waals surface area contributed by atoms with Gasteiger partial charge in [0, 0.05) is 17.1 Å². The molecule has 0 aliphatic heterocycles. The lowest BCUT2D eigenvalue weighted by Gasteiger charge is -2.16. The van der Waals surface area contributed by atoms with E-state index in [9.17, 15) is 0 Å². The maximum absolute atomic E-state index is 6.29. The van der Waals surface area contributed by atoms with Crippen LogP contribution in [0.3, 0.4) is 0 Å². The van der Waals surface area contributed by atoms with Crippen LogP contribution in [0.25, 0.3) is 0 Å². The van der Waals surface area contributed by atoms with Crippen LogP contribution < -0.4 is 10.5 Å². The highest BCUT2D eigenvalue weighted by atomic mass is 35.5. The van der Waals surface area contributed by atoms with Crippen LogP contribution in [0.15, 0.2) is 30.3 Å². The summed E-state index contributed by atoms with van der Waals surface area (Å²) >= 11 is 12.4. The Balaban J connectivity index is 2.25. The summed E-state index contributed by atoms with van der Waals surface area (Å²) in [6.07, 6.45) is 0.712. The molecule has 4 heteroatoms. The van der Waals surface area contributed by atoms with Gasteiger partial charge in [-0.25, -0.2) is 0 Å². The van der Waals surface area contributed by atoms with Crippen molar-refractivity contribution in [3.63, 3.8) is 0 Å². The smallest absolute Gasteiger partial charge is 0.138 e. The van der Waals surface area contributed by atoms with E-state index in [-0.39, 0.29) is 6.04 Å². The predicted octanol–water partition coefficient (Wildman–Crippen LogP) is 4.86. The Morgan fingerprint density at radius 1 is 1.05 bits per heavy atom. The van der Waals surface area contributed by atoms with E-state index >= 15 is 0 Å². The molecule has 0 bridgehead atoms. The highest BCUT2D eigenvalue weighted by molar-refractivity contribution is 6.34. The van der Waals surface area contributed by atoms with Crippen molar-refractivity contribution in [3.8, 4) is 5.75 Å². The Labute approximate surface area is 135 Å². The van der Waals surface area contributed by atoms with Crippen molar-refractivity contribution in [1.82, 2.24) is 0 Å². The highest BCUT2D eigenvalue weighted by Crippen LogP contribution is 2.34. The number of rotatable bonds is 4. The Bertz CT molecular complexity index is 655. The average molecular weight is 324 g/mol. The van der Waals surface area contributed by atoms with Crippen molar-refractivity contribution in [2.45, 2.75) is 26.3 Å². The third-order valence-corrected chi connectivity index (χ3v) is 4.32. The van der Waals surface area contributed by atoms with Crippen molar-refractivity contribution >= 4 is 23.2 Å². The minimum absolute atomic E-state index is 0.206. The SMILES string of the molecule is COc1cc(Cl)c(C(N)Cc2ccc(C)c(C)c2)cc1Cl. The first-order chi connectivity index (χ1) is 9.92. The van der Waals surface area contributed by atoms with Gasteiger partial charge >= 0.3 is 0 Å². The Morgan fingerprint density at radius 2 is 1.76 bits per heavy atom. The van der Waals surface area contributed by atoms with Gasteiger partial charge < -0.3 is 10.5 Å². The molecule has 0 aliphatic carbocycles. The monoisotopic (exact) mass is 323 g/mol. The van der Waals surface area contributed by atoms with E-state index in [1.165, 1.54) is 16.7 Å². The molecular weight excluding hydrogens is 305 g/mol. The molecule has 2 N–H and O–H groups in total. The lowest BCUT2D eigenvalue weighted by Crippen LogP contribution is -2.14. The van der Waals surface area contributed by atoms with Gasteiger partial charge in [-0.1, -0.05) is 41.4 Å². The Kier molecular flexibility index (Phi) is 5.15. The van der Waals surface area contributed by atoms with Crippen LogP contribution in [0.1, 0.15) is 28.3 Å². The molecule has 0 aromatic heterocycles. The largest absolute Gasteiger partial charge is 0.495 e. The number of ether oxygens (including phenoxy) is 1. The topological polar surface area (TPSA) is 35.2 Å². The van der Waals surface area contributed by atoms with E-state index in [4.69, 9.17) is 33.7 Å². The van der Waals surface area contributed by atoms with E-state index in [1.54, 1.807) is 19.2 Å². The zero-order chi connectivity index (χ0) is 15.6. The Morgan fingerprint density at radius 3 is 2.38 bits per heavy atom. The van der Waals surface area contributed by atoms with Crippen molar-refractivity contribution in [1.29, 1.82) is 0 Å². The molecule has 0 saturated heterocycles. The van der Waals surface area contributed by atoms with E-state index in [0.717, 1.165) is 5.56 Å². The molecule has 2 aromatic carbocycles. The van der Waals surface area contributed by atoms with Crippen LogP contribution in [0.4, 0.5) is 0 Å². The van der Waals surface area contributed by atoms with Gasteiger partial charge in [0.25, 0.3) is 0 Å². The molecule has 1 atom stereocenters. The molecule has 0 amide bonds. The number of hydrogen-bond acceptors (Lipinski definition) is 2. The summed E-state index contributed by atoms with van der Waals surface area (Å²) in [5, 5.41) is 1.10. The minimum atomic E-state index is -0.206. The zero-order valence-corrected chi connectivity index (χ0v) is 13.9. The second-order valence-electron chi connectivity index (χ2n) is 5.24. The maximum atomic E-state index is 6.29. The van der Waals surface area contributed by atoms with Crippen LogP contribution in [-0.4, -0.2) is 7.11 Å². The van der Waals surface area contributed by atoms with E-state index < -0.39 is 0 Å². The maximum Gasteiger partial charge on any atom is 0.138 e. The first-order valence-corrected chi connectivity index (χ1v) is 7.52. The molecule has 0 fully saturated rings. The number of hydrogen-bond donors (Lipinski definition) is 1. The van der Waals surface area contributed by atoms with Gasteiger partial charge in [0.1, 0.15) is 5.75 Å². The molecule has 0 radical (unpaired) electrons. The van der Waals surface area contributed by atoms with Gasteiger partial charge in [0.2, 0.25) is 0 Å².